The van der Waals surface area contributed by atoms with Crippen LogP contribution in [0.3, 0.4) is 0 Å². The summed E-state index contributed by atoms with van der Waals surface area (Å²) in [5.41, 5.74) is 0. The second-order valence-electron chi connectivity index (χ2n) is 5.10. The van der Waals surface area contributed by atoms with Gasteiger partial charge >= 0.3 is 42.2 Å². The summed E-state index contributed by atoms with van der Waals surface area (Å²) in [7, 11) is 0. The first-order valence-electron chi connectivity index (χ1n) is 5.88. The molecule has 0 aliphatic heterocycles. The van der Waals surface area contributed by atoms with E-state index >= 15 is 0 Å². The molecule has 0 aromatic rings. The van der Waals surface area contributed by atoms with Crippen LogP contribution >= 0.6 is 0 Å². The van der Waals surface area contributed by atoms with Gasteiger partial charge in [-0.2, -0.15) is 65.9 Å². The van der Waals surface area contributed by atoms with Gasteiger partial charge in [-0.25, -0.2) is 8.78 Å². The fourth-order valence-corrected chi connectivity index (χ4v) is 1.47. The maximum absolute atomic E-state index is 13.0. The Morgan fingerprint density at radius 2 is 0.815 bits per heavy atom. The van der Waals surface area contributed by atoms with Crippen LogP contribution in [-0.2, 0) is 0 Å². The van der Waals surface area contributed by atoms with Gasteiger partial charge in [0, 0.05) is 0 Å². The first-order valence-corrected chi connectivity index (χ1v) is 5.88. The lowest BCUT2D eigenvalue weighted by Crippen LogP contribution is -2.64. The van der Waals surface area contributed by atoms with Crippen LogP contribution in [-0.4, -0.2) is 41.7 Å². The number of alkyl halides is 15. The fourth-order valence-electron chi connectivity index (χ4n) is 1.47. The summed E-state index contributed by atoms with van der Waals surface area (Å²) < 4.78 is 212. The average Bonchev–Trinajstić information content (AvgIpc) is 2.33. The maximum atomic E-state index is 13.0. The van der Waals surface area contributed by atoms with Crippen molar-refractivity contribution in [1.82, 2.24) is 0 Å². The zero-order valence-corrected chi connectivity index (χ0v) is 11.8. The molecule has 0 nitrogen and oxygen atoms in total. The second-order valence-corrected chi connectivity index (χ2v) is 5.10. The number of halogens is 17. The van der Waals surface area contributed by atoms with Crippen LogP contribution < -0.4 is 0 Å². The number of hydrogen-bond donors (Lipinski definition) is 0. The van der Waals surface area contributed by atoms with Crippen molar-refractivity contribution in [2.45, 2.75) is 54.6 Å². The Kier molecular flexibility index (Phi) is 6.41. The molecular weight excluding hydrogens is 443 g/mol. The average molecular weight is 447 g/mol. The topological polar surface area (TPSA) is 0 Å². The lowest BCUT2D eigenvalue weighted by atomic mass is 9.92. The second kappa shape index (κ2) is 6.70. The maximum Gasteiger partial charge on any atom is 0.453 e. The molecule has 0 amide bonds. The van der Waals surface area contributed by atoms with E-state index in [9.17, 15) is 74.6 Å². The van der Waals surface area contributed by atoms with Crippen LogP contribution in [0.25, 0.3) is 0 Å². The molecule has 0 N–H and O–H groups in total. The molecule has 0 rings (SSSR count). The molecule has 17 heteroatoms. The van der Waals surface area contributed by atoms with Crippen LogP contribution in [0.15, 0.2) is 0 Å². The quantitative estimate of drug-likeness (QED) is 0.370. The van der Waals surface area contributed by atoms with Gasteiger partial charge in [0.05, 0.1) is 12.8 Å². The van der Waals surface area contributed by atoms with Crippen molar-refractivity contribution in [3.63, 3.8) is 0 Å². The zero-order chi connectivity index (χ0) is 22.5. The van der Waals surface area contributed by atoms with Crippen molar-refractivity contribution in [2.75, 3.05) is 0 Å². The molecule has 0 heterocycles. The highest BCUT2D eigenvalue weighted by Gasteiger charge is 2.84. The highest BCUT2D eigenvalue weighted by Crippen LogP contribution is 2.58. The van der Waals surface area contributed by atoms with E-state index in [4.69, 9.17) is 0 Å². The van der Waals surface area contributed by atoms with E-state index in [1.165, 1.54) is 0 Å². The molecular formula is C10H4F17. The molecule has 27 heavy (non-hydrogen) atoms. The lowest BCUT2D eigenvalue weighted by Gasteiger charge is -2.37. The van der Waals surface area contributed by atoms with Gasteiger partial charge in [0.15, 0.2) is 0 Å². The SMILES string of the molecule is F[C](F)C(F)(F)C(F)(F)C(F)(F)C(F)(F)CC(F)(F)CC(F)(F)C(F)(F)F. The van der Waals surface area contributed by atoms with Gasteiger partial charge in [-0.3, -0.25) is 0 Å². The van der Waals surface area contributed by atoms with Crippen molar-refractivity contribution in [3.8, 4) is 0 Å². The van der Waals surface area contributed by atoms with E-state index in [1.807, 2.05) is 0 Å². The Bertz CT molecular complexity index is 512. The number of hydrogen-bond acceptors (Lipinski definition) is 0. The van der Waals surface area contributed by atoms with Crippen molar-refractivity contribution < 1.29 is 74.6 Å². The van der Waals surface area contributed by atoms with Crippen LogP contribution in [0.5, 0.6) is 0 Å². The van der Waals surface area contributed by atoms with E-state index in [2.05, 4.69) is 0 Å². The van der Waals surface area contributed by atoms with E-state index in [0.29, 0.717) is 0 Å². The molecule has 0 spiro atoms. The first kappa shape index (κ1) is 25.8. The lowest BCUT2D eigenvalue weighted by molar-refractivity contribution is -0.379. The Morgan fingerprint density at radius 1 is 0.481 bits per heavy atom. The normalized spacial score (nSPS) is 16.2. The highest BCUT2D eigenvalue weighted by atomic mass is 19.4. The van der Waals surface area contributed by atoms with Gasteiger partial charge in [-0.15, -0.1) is 0 Å². The minimum Gasteiger partial charge on any atom is -0.206 e. The van der Waals surface area contributed by atoms with Gasteiger partial charge in [0.1, 0.15) is 0 Å². The molecule has 0 aliphatic carbocycles. The smallest absolute Gasteiger partial charge is 0.206 e. The predicted molar refractivity (Wildman–Crippen MR) is 50.4 cm³/mol. The molecule has 0 unspecified atom stereocenters. The molecule has 0 aliphatic rings. The summed E-state index contributed by atoms with van der Waals surface area (Å²) in [5, 5.41) is 0. The van der Waals surface area contributed by atoms with Crippen molar-refractivity contribution in [1.29, 1.82) is 0 Å². The summed E-state index contributed by atoms with van der Waals surface area (Å²) >= 11 is 0. The Labute approximate surface area is 137 Å². The summed E-state index contributed by atoms with van der Waals surface area (Å²) in [6, 6.07) is 0. The standard InChI is InChI=1S/C10H4F17/c11-3(12)7(19,20)9(23,24)8(21,22)5(15,16)1-4(13,14)2-6(17,18)10(25,26)27/h1-2H2. The largest absolute Gasteiger partial charge is 0.453 e. The Hall–Kier alpha value is -1.19. The van der Waals surface area contributed by atoms with Gasteiger partial charge in [-0.1, -0.05) is 0 Å². The predicted octanol–water partition coefficient (Wildman–Crippen LogP) is 6.57. The third-order valence-corrected chi connectivity index (χ3v) is 2.86. The molecule has 0 atom stereocenters. The van der Waals surface area contributed by atoms with E-state index in [-0.39, 0.29) is 0 Å². The van der Waals surface area contributed by atoms with Crippen molar-refractivity contribution >= 4 is 0 Å². The third-order valence-electron chi connectivity index (χ3n) is 2.86. The molecule has 1 radical (unpaired) electrons. The molecule has 163 valence electrons. The Morgan fingerprint density at radius 3 is 1.11 bits per heavy atom. The third kappa shape index (κ3) is 4.63. The monoisotopic (exact) mass is 447 g/mol. The minimum absolute atomic E-state index is 3.93. The zero-order valence-electron chi connectivity index (χ0n) is 11.8. The number of rotatable bonds is 8. The molecule has 0 bridgehead atoms. The van der Waals surface area contributed by atoms with E-state index < -0.39 is 61.0 Å². The van der Waals surface area contributed by atoms with Crippen LogP contribution in [0.1, 0.15) is 12.8 Å². The summed E-state index contributed by atoms with van der Waals surface area (Å²) in [4.78, 5) is 0. The summed E-state index contributed by atoms with van der Waals surface area (Å²) in [5.74, 6) is -42.4. The summed E-state index contributed by atoms with van der Waals surface area (Å²) in [6.45, 7) is 0. The van der Waals surface area contributed by atoms with E-state index in [1.54, 1.807) is 0 Å². The van der Waals surface area contributed by atoms with Gasteiger partial charge < -0.3 is 0 Å². The molecule has 0 saturated heterocycles. The molecule has 0 saturated carbocycles. The van der Waals surface area contributed by atoms with Crippen molar-refractivity contribution in [2.24, 2.45) is 0 Å². The molecule has 0 aromatic carbocycles. The van der Waals surface area contributed by atoms with Gasteiger partial charge in [0.25, 0.3) is 5.92 Å². The van der Waals surface area contributed by atoms with E-state index in [0.717, 1.165) is 0 Å². The summed E-state index contributed by atoms with van der Waals surface area (Å²) in [6.07, 6.45) is -19.8. The highest BCUT2D eigenvalue weighted by molar-refractivity contribution is 5.09. The van der Waals surface area contributed by atoms with Crippen LogP contribution in [0.2, 0.25) is 0 Å². The fraction of sp³-hybridized carbons (Fsp3) is 0.900. The van der Waals surface area contributed by atoms with Crippen molar-refractivity contribution in [3.05, 3.63) is 6.43 Å². The minimum atomic E-state index is -7.72. The first-order chi connectivity index (χ1) is 11.4. The van der Waals surface area contributed by atoms with Crippen LogP contribution in [0, 0.1) is 6.43 Å². The van der Waals surface area contributed by atoms with Gasteiger partial charge in [-0.05, 0) is 0 Å². The van der Waals surface area contributed by atoms with Crippen LogP contribution in [0.4, 0.5) is 74.6 Å². The molecule has 0 aromatic heterocycles. The van der Waals surface area contributed by atoms with Gasteiger partial charge in [0.2, 0.25) is 0 Å². The Balaban J connectivity index is 5.86. The molecule has 0 fully saturated rings.